The van der Waals surface area contributed by atoms with Crippen LogP contribution >= 0.6 is 0 Å². The number of hydrogen-bond acceptors (Lipinski definition) is 1. The number of rotatable bonds is 0. The molecule has 1 nitrogen and oxygen atoms in total. The second-order valence-corrected chi connectivity index (χ2v) is 2.86. The average Bonchev–Trinajstić information content (AvgIpc) is 2.28. The lowest BCUT2D eigenvalue weighted by Gasteiger charge is -2.01. The number of benzene rings is 1. The van der Waals surface area contributed by atoms with Gasteiger partial charge >= 0.3 is 0 Å². The molecule has 0 spiro atoms. The third-order valence-corrected chi connectivity index (χ3v) is 2.09. The van der Waals surface area contributed by atoms with E-state index in [4.69, 9.17) is 0 Å². The maximum absolute atomic E-state index is 3.34. The highest BCUT2D eigenvalue weighted by molar-refractivity contribution is 5.34. The summed E-state index contributed by atoms with van der Waals surface area (Å²) in [7, 11) is 0. The molecule has 1 aliphatic heterocycles. The van der Waals surface area contributed by atoms with Crippen molar-refractivity contribution in [1.29, 1.82) is 0 Å². The van der Waals surface area contributed by atoms with E-state index in [1.807, 2.05) is 0 Å². The molecule has 0 aromatic heterocycles. The smallest absolute Gasteiger partial charge is 0.00472 e. The molecule has 1 N–H and O–H groups in total. The summed E-state index contributed by atoms with van der Waals surface area (Å²) in [6.07, 6.45) is 3.41. The minimum Gasteiger partial charge on any atom is -0.316 e. The van der Waals surface area contributed by atoms with Gasteiger partial charge < -0.3 is 5.32 Å². The van der Waals surface area contributed by atoms with Crippen LogP contribution in [0.1, 0.15) is 11.1 Å². The van der Waals surface area contributed by atoms with E-state index >= 15 is 0 Å². The van der Waals surface area contributed by atoms with Crippen molar-refractivity contribution in [3.05, 3.63) is 41.8 Å². The Kier molecular flexibility index (Phi) is 1.91. The van der Waals surface area contributed by atoms with Gasteiger partial charge in [-0.1, -0.05) is 24.3 Å². The topological polar surface area (TPSA) is 12.0 Å². The summed E-state index contributed by atoms with van der Waals surface area (Å²) in [6.45, 7) is 2.12. The predicted molar refractivity (Wildman–Crippen MR) is 46.4 cm³/mol. The van der Waals surface area contributed by atoms with Crippen LogP contribution in [0.3, 0.4) is 0 Å². The monoisotopic (exact) mass is 146 g/mol. The Balaban J connectivity index is 2.33. The fourth-order valence-electron chi connectivity index (χ4n) is 1.47. The second kappa shape index (κ2) is 3.05. The first kappa shape index (κ1) is 6.86. The Hall–Kier alpha value is -0.820. The molecule has 1 aromatic rings. The molecule has 11 heavy (non-hydrogen) atoms. The van der Waals surface area contributed by atoms with E-state index in [0.717, 1.165) is 19.5 Å². The summed E-state index contributed by atoms with van der Waals surface area (Å²) < 4.78 is 0. The molecule has 1 radical (unpaired) electrons. The maximum atomic E-state index is 3.34. The largest absolute Gasteiger partial charge is 0.316 e. The SMILES string of the molecule is [CH]1CNCCc2ccccc21. The fraction of sp³-hybridized carbons (Fsp3) is 0.300. The van der Waals surface area contributed by atoms with Crippen LogP contribution in [0.5, 0.6) is 0 Å². The van der Waals surface area contributed by atoms with E-state index in [1.165, 1.54) is 11.1 Å². The fourth-order valence-corrected chi connectivity index (χ4v) is 1.47. The number of hydrogen-bond donors (Lipinski definition) is 1. The first-order valence-electron chi connectivity index (χ1n) is 4.08. The van der Waals surface area contributed by atoms with Crippen LogP contribution in [0.2, 0.25) is 0 Å². The van der Waals surface area contributed by atoms with Crippen LogP contribution in [0, 0.1) is 6.42 Å². The standard InChI is InChI=1S/C10H12N/c1-2-4-10-6-8-11-7-5-9(10)3-1/h1-5,11H,6-8H2. The van der Waals surface area contributed by atoms with Crippen molar-refractivity contribution < 1.29 is 0 Å². The summed E-state index contributed by atoms with van der Waals surface area (Å²) in [4.78, 5) is 0. The normalized spacial score (nSPS) is 17.1. The van der Waals surface area contributed by atoms with E-state index in [1.54, 1.807) is 0 Å². The Labute approximate surface area is 67.4 Å². The molecule has 1 heteroatoms. The summed E-state index contributed by atoms with van der Waals surface area (Å²) in [5.41, 5.74) is 2.87. The molecule has 0 fully saturated rings. The molecule has 57 valence electrons. The lowest BCUT2D eigenvalue weighted by Crippen LogP contribution is -2.15. The van der Waals surface area contributed by atoms with Crippen molar-refractivity contribution in [2.75, 3.05) is 13.1 Å². The van der Waals surface area contributed by atoms with Gasteiger partial charge in [-0.2, -0.15) is 0 Å². The highest BCUT2D eigenvalue weighted by Crippen LogP contribution is 2.12. The predicted octanol–water partition coefficient (Wildman–Crippen LogP) is 1.38. The summed E-state index contributed by atoms with van der Waals surface area (Å²) in [6, 6.07) is 8.60. The van der Waals surface area contributed by atoms with Gasteiger partial charge in [0.1, 0.15) is 0 Å². The van der Waals surface area contributed by atoms with Gasteiger partial charge in [-0.3, -0.25) is 0 Å². The van der Waals surface area contributed by atoms with Crippen molar-refractivity contribution in [2.45, 2.75) is 6.42 Å². The van der Waals surface area contributed by atoms with Gasteiger partial charge in [-0.15, -0.1) is 0 Å². The quantitative estimate of drug-likeness (QED) is 0.583. The number of nitrogens with one attached hydrogen (secondary N) is 1. The Morgan fingerprint density at radius 1 is 1.18 bits per heavy atom. The third kappa shape index (κ3) is 1.43. The molecule has 1 aromatic carbocycles. The van der Waals surface area contributed by atoms with E-state index in [2.05, 4.69) is 36.0 Å². The zero-order valence-corrected chi connectivity index (χ0v) is 6.51. The lowest BCUT2D eigenvalue weighted by atomic mass is 10.0. The van der Waals surface area contributed by atoms with E-state index in [-0.39, 0.29) is 0 Å². The van der Waals surface area contributed by atoms with Crippen LogP contribution in [0.4, 0.5) is 0 Å². The molecule has 0 bridgehead atoms. The van der Waals surface area contributed by atoms with Gasteiger partial charge in [0.2, 0.25) is 0 Å². The Morgan fingerprint density at radius 3 is 3.09 bits per heavy atom. The van der Waals surface area contributed by atoms with Crippen molar-refractivity contribution in [3.8, 4) is 0 Å². The minimum absolute atomic E-state index is 1.01. The first-order chi connectivity index (χ1) is 5.47. The molecular formula is C10H12N. The third-order valence-electron chi connectivity index (χ3n) is 2.09. The molecule has 0 amide bonds. The molecule has 1 aliphatic rings. The van der Waals surface area contributed by atoms with Gasteiger partial charge in [0.25, 0.3) is 0 Å². The van der Waals surface area contributed by atoms with Gasteiger partial charge in [-0.25, -0.2) is 0 Å². The van der Waals surface area contributed by atoms with Gasteiger partial charge in [0, 0.05) is 13.0 Å². The van der Waals surface area contributed by atoms with Crippen molar-refractivity contribution in [2.24, 2.45) is 0 Å². The average molecular weight is 146 g/mol. The second-order valence-electron chi connectivity index (χ2n) is 2.86. The van der Waals surface area contributed by atoms with E-state index in [9.17, 15) is 0 Å². The Bertz CT molecular complexity index is 217. The van der Waals surface area contributed by atoms with Crippen LogP contribution in [0.25, 0.3) is 0 Å². The number of fused-ring (bicyclic) bond motifs is 1. The summed E-state index contributed by atoms with van der Waals surface area (Å²) >= 11 is 0. The molecule has 0 atom stereocenters. The first-order valence-corrected chi connectivity index (χ1v) is 4.08. The molecule has 1 heterocycles. The van der Waals surface area contributed by atoms with Crippen LogP contribution < -0.4 is 5.32 Å². The van der Waals surface area contributed by atoms with Crippen molar-refractivity contribution in [3.63, 3.8) is 0 Å². The molecule has 0 aliphatic carbocycles. The zero-order chi connectivity index (χ0) is 7.52. The summed E-state index contributed by atoms with van der Waals surface area (Å²) in [5.74, 6) is 0. The lowest BCUT2D eigenvalue weighted by molar-refractivity contribution is 0.750. The highest BCUT2D eigenvalue weighted by Gasteiger charge is 2.04. The van der Waals surface area contributed by atoms with Crippen LogP contribution in [-0.2, 0) is 6.42 Å². The maximum Gasteiger partial charge on any atom is 0.00472 e. The van der Waals surface area contributed by atoms with Crippen LogP contribution in [0.15, 0.2) is 24.3 Å². The molecule has 0 saturated carbocycles. The summed E-state index contributed by atoms with van der Waals surface area (Å²) in [5, 5.41) is 3.34. The molecule has 2 rings (SSSR count). The van der Waals surface area contributed by atoms with E-state index < -0.39 is 0 Å². The Morgan fingerprint density at radius 2 is 2.09 bits per heavy atom. The minimum atomic E-state index is 1.01. The van der Waals surface area contributed by atoms with Crippen molar-refractivity contribution in [1.82, 2.24) is 5.32 Å². The van der Waals surface area contributed by atoms with Crippen molar-refractivity contribution >= 4 is 0 Å². The molecule has 0 saturated heterocycles. The molecular weight excluding hydrogens is 134 g/mol. The zero-order valence-electron chi connectivity index (χ0n) is 6.51. The van der Waals surface area contributed by atoms with Crippen LogP contribution in [-0.4, -0.2) is 13.1 Å². The van der Waals surface area contributed by atoms with Gasteiger partial charge in [0.05, 0.1) is 0 Å². The van der Waals surface area contributed by atoms with Gasteiger partial charge in [-0.05, 0) is 24.1 Å². The highest BCUT2D eigenvalue weighted by atomic mass is 14.8. The van der Waals surface area contributed by atoms with E-state index in [0.29, 0.717) is 0 Å². The molecule has 0 unspecified atom stereocenters. The van der Waals surface area contributed by atoms with Gasteiger partial charge in [0.15, 0.2) is 0 Å².